The Labute approximate surface area is 208 Å². The third-order valence-corrected chi connectivity index (χ3v) is 6.80. The van der Waals surface area contributed by atoms with Crippen molar-refractivity contribution in [3.05, 3.63) is 65.0 Å². The number of benzene rings is 2. The van der Waals surface area contributed by atoms with Crippen LogP contribution in [-0.2, 0) is 26.2 Å². The quantitative estimate of drug-likeness (QED) is 0.443. The first-order chi connectivity index (χ1) is 16.5. The van der Waals surface area contributed by atoms with Crippen LogP contribution in [0.3, 0.4) is 0 Å². The van der Waals surface area contributed by atoms with Gasteiger partial charge in [-0.25, -0.2) is 12.8 Å². The fourth-order valence-corrected chi connectivity index (χ4v) is 4.75. The maximum absolute atomic E-state index is 13.6. The third-order valence-electron chi connectivity index (χ3n) is 5.66. The highest BCUT2D eigenvalue weighted by molar-refractivity contribution is 7.92. The number of rotatable bonds is 12. The van der Waals surface area contributed by atoms with Crippen molar-refractivity contribution in [3.8, 4) is 0 Å². The molecule has 9 heteroatoms. The molecule has 1 atom stereocenters. The van der Waals surface area contributed by atoms with Crippen molar-refractivity contribution in [2.24, 2.45) is 0 Å². The summed E-state index contributed by atoms with van der Waals surface area (Å²) in [6, 6.07) is 10.2. The van der Waals surface area contributed by atoms with Crippen LogP contribution in [0, 0.1) is 19.7 Å². The highest BCUT2D eigenvalue weighted by atomic mass is 32.2. The topological polar surface area (TPSA) is 86.8 Å². The van der Waals surface area contributed by atoms with Crippen LogP contribution < -0.4 is 9.62 Å². The Kier molecular flexibility index (Phi) is 10.2. The molecule has 192 valence electrons. The number of anilines is 1. The Morgan fingerprint density at radius 1 is 1.03 bits per heavy atom. The molecular formula is C26H36FN3O4S. The second-order valence-electron chi connectivity index (χ2n) is 8.83. The summed E-state index contributed by atoms with van der Waals surface area (Å²) < 4.78 is 39.9. The molecule has 0 aliphatic heterocycles. The molecule has 2 aromatic rings. The van der Waals surface area contributed by atoms with Gasteiger partial charge in [-0.2, -0.15) is 0 Å². The van der Waals surface area contributed by atoms with E-state index in [9.17, 15) is 22.4 Å². The highest BCUT2D eigenvalue weighted by Crippen LogP contribution is 2.22. The van der Waals surface area contributed by atoms with Crippen molar-refractivity contribution in [3.63, 3.8) is 0 Å². The van der Waals surface area contributed by atoms with Gasteiger partial charge in [0.05, 0.1) is 11.9 Å². The molecule has 0 unspecified atom stereocenters. The molecule has 0 fully saturated rings. The highest BCUT2D eigenvalue weighted by Gasteiger charge is 2.31. The van der Waals surface area contributed by atoms with Gasteiger partial charge in [0.15, 0.2) is 0 Å². The molecule has 2 rings (SSSR count). The van der Waals surface area contributed by atoms with Gasteiger partial charge in [-0.05, 0) is 67.6 Å². The average Bonchev–Trinajstić information content (AvgIpc) is 2.77. The van der Waals surface area contributed by atoms with Crippen molar-refractivity contribution in [2.45, 2.75) is 59.5 Å². The molecule has 0 aromatic heterocycles. The van der Waals surface area contributed by atoms with Crippen LogP contribution in [0.1, 0.15) is 49.8 Å². The largest absolute Gasteiger partial charge is 0.354 e. The molecule has 35 heavy (non-hydrogen) atoms. The second kappa shape index (κ2) is 12.7. The molecular weight excluding hydrogens is 469 g/mol. The summed E-state index contributed by atoms with van der Waals surface area (Å²) in [6.45, 7) is 7.60. The van der Waals surface area contributed by atoms with Gasteiger partial charge in [0, 0.05) is 13.1 Å². The van der Waals surface area contributed by atoms with Crippen LogP contribution in [0.4, 0.5) is 10.1 Å². The Morgan fingerprint density at radius 3 is 2.14 bits per heavy atom. The molecule has 0 heterocycles. The van der Waals surface area contributed by atoms with E-state index >= 15 is 0 Å². The predicted molar refractivity (Wildman–Crippen MR) is 137 cm³/mol. The van der Waals surface area contributed by atoms with Crippen molar-refractivity contribution in [1.29, 1.82) is 0 Å². The maximum Gasteiger partial charge on any atom is 0.244 e. The summed E-state index contributed by atoms with van der Waals surface area (Å²) in [5.74, 6) is -1.22. The van der Waals surface area contributed by atoms with Crippen LogP contribution in [0.25, 0.3) is 0 Å². The number of sulfonamides is 1. The number of halogens is 1. The van der Waals surface area contributed by atoms with Gasteiger partial charge in [0.1, 0.15) is 18.4 Å². The zero-order valence-corrected chi connectivity index (χ0v) is 22.0. The predicted octanol–water partition coefficient (Wildman–Crippen LogP) is 3.93. The molecule has 0 aliphatic carbocycles. The monoisotopic (exact) mass is 505 g/mol. The van der Waals surface area contributed by atoms with E-state index in [2.05, 4.69) is 5.32 Å². The first-order valence-corrected chi connectivity index (χ1v) is 13.7. The van der Waals surface area contributed by atoms with E-state index < -0.39 is 34.3 Å². The fraction of sp³-hybridized carbons (Fsp3) is 0.462. The average molecular weight is 506 g/mol. The van der Waals surface area contributed by atoms with Gasteiger partial charge in [-0.3, -0.25) is 13.9 Å². The molecule has 2 amide bonds. The zero-order valence-electron chi connectivity index (χ0n) is 21.2. The van der Waals surface area contributed by atoms with Crippen LogP contribution in [0.5, 0.6) is 0 Å². The summed E-state index contributed by atoms with van der Waals surface area (Å²) in [4.78, 5) is 28.0. The Morgan fingerprint density at radius 2 is 1.63 bits per heavy atom. The van der Waals surface area contributed by atoms with E-state index in [1.165, 1.54) is 17.0 Å². The van der Waals surface area contributed by atoms with Gasteiger partial charge >= 0.3 is 0 Å². The number of amides is 2. The van der Waals surface area contributed by atoms with Crippen molar-refractivity contribution in [1.82, 2.24) is 10.2 Å². The Balaban J connectivity index is 2.42. The lowest BCUT2D eigenvalue weighted by atomic mass is 10.1. The molecule has 0 radical (unpaired) electrons. The van der Waals surface area contributed by atoms with E-state index in [1.54, 1.807) is 31.2 Å². The van der Waals surface area contributed by atoms with Gasteiger partial charge in [0.2, 0.25) is 21.8 Å². The standard InChI is InChI=1S/C26H36FN3O4S/c1-6-8-13-28-26(32)24(7-2)29(17-21-9-11-22(27)12-10-21)25(31)18-30(35(5,33)34)23-15-19(3)14-20(4)16-23/h9-12,14-16,24H,6-8,13,17-18H2,1-5H3,(H,28,32)/t24-/m1/s1. The van der Waals surface area contributed by atoms with Crippen molar-refractivity contribution in [2.75, 3.05) is 23.7 Å². The number of carbonyl (C=O) groups is 2. The van der Waals surface area contributed by atoms with E-state index in [0.717, 1.165) is 34.5 Å². The minimum Gasteiger partial charge on any atom is -0.354 e. The van der Waals surface area contributed by atoms with Gasteiger partial charge in [-0.1, -0.05) is 38.5 Å². The number of nitrogens with one attached hydrogen (secondary N) is 1. The second-order valence-corrected chi connectivity index (χ2v) is 10.7. The lowest BCUT2D eigenvalue weighted by molar-refractivity contribution is -0.140. The SMILES string of the molecule is CCCCNC(=O)[C@@H](CC)N(Cc1ccc(F)cc1)C(=O)CN(c1cc(C)cc(C)c1)S(C)(=O)=O. The normalized spacial score (nSPS) is 12.2. The Bertz CT molecular complexity index is 1100. The van der Waals surface area contributed by atoms with Gasteiger partial charge in [0.25, 0.3) is 0 Å². The van der Waals surface area contributed by atoms with E-state index in [0.29, 0.717) is 24.2 Å². The number of hydrogen-bond acceptors (Lipinski definition) is 4. The summed E-state index contributed by atoms with van der Waals surface area (Å²) in [5, 5.41) is 2.87. The van der Waals surface area contributed by atoms with Crippen molar-refractivity contribution >= 4 is 27.5 Å². The lowest BCUT2D eigenvalue weighted by Crippen LogP contribution is -2.52. The molecule has 0 saturated heterocycles. The third kappa shape index (κ3) is 8.35. The summed E-state index contributed by atoms with van der Waals surface area (Å²) in [7, 11) is -3.79. The summed E-state index contributed by atoms with van der Waals surface area (Å²) in [5.41, 5.74) is 2.76. The Hall–Kier alpha value is -2.94. The lowest BCUT2D eigenvalue weighted by Gasteiger charge is -2.33. The molecule has 7 nitrogen and oxygen atoms in total. The number of hydrogen-bond donors (Lipinski definition) is 1. The van der Waals surface area contributed by atoms with Crippen molar-refractivity contribution < 1.29 is 22.4 Å². The van der Waals surface area contributed by atoms with Crippen LogP contribution in [-0.4, -0.2) is 50.5 Å². The number of unbranched alkanes of at least 4 members (excludes halogenated alkanes) is 1. The fourth-order valence-electron chi connectivity index (χ4n) is 3.92. The molecule has 1 N–H and O–H groups in total. The smallest absolute Gasteiger partial charge is 0.244 e. The van der Waals surface area contributed by atoms with E-state index in [-0.39, 0.29) is 12.5 Å². The van der Waals surface area contributed by atoms with E-state index in [4.69, 9.17) is 0 Å². The molecule has 2 aromatic carbocycles. The number of aryl methyl sites for hydroxylation is 2. The van der Waals surface area contributed by atoms with Crippen LogP contribution in [0.15, 0.2) is 42.5 Å². The minimum atomic E-state index is -3.79. The van der Waals surface area contributed by atoms with Gasteiger partial charge in [-0.15, -0.1) is 0 Å². The zero-order chi connectivity index (χ0) is 26.2. The molecule has 0 aliphatic rings. The van der Waals surface area contributed by atoms with Crippen LogP contribution >= 0.6 is 0 Å². The molecule has 0 saturated carbocycles. The molecule has 0 spiro atoms. The number of carbonyl (C=O) groups excluding carboxylic acids is 2. The van der Waals surface area contributed by atoms with Crippen LogP contribution in [0.2, 0.25) is 0 Å². The summed E-state index contributed by atoms with van der Waals surface area (Å²) >= 11 is 0. The molecule has 0 bridgehead atoms. The first kappa shape index (κ1) is 28.3. The minimum absolute atomic E-state index is 0.0449. The maximum atomic E-state index is 13.6. The first-order valence-electron chi connectivity index (χ1n) is 11.8. The summed E-state index contributed by atoms with van der Waals surface area (Å²) in [6.07, 6.45) is 3.11. The number of nitrogens with zero attached hydrogens (tertiary/aromatic N) is 2. The van der Waals surface area contributed by atoms with E-state index in [1.807, 2.05) is 26.8 Å². The van der Waals surface area contributed by atoms with Gasteiger partial charge < -0.3 is 10.2 Å².